The van der Waals surface area contributed by atoms with Crippen molar-refractivity contribution >= 4 is 15.7 Å². The van der Waals surface area contributed by atoms with Gasteiger partial charge in [0.1, 0.15) is 17.3 Å². The maximum absolute atomic E-state index is 12.3. The van der Waals surface area contributed by atoms with Crippen LogP contribution in [0.25, 0.3) is 11.5 Å². The largest absolute Gasteiger partial charge is 0.497 e. The first kappa shape index (κ1) is 20.9. The molecule has 1 heterocycles. The van der Waals surface area contributed by atoms with Crippen molar-refractivity contribution in [2.24, 2.45) is 0 Å². The molecule has 0 radical (unpaired) electrons. The van der Waals surface area contributed by atoms with Crippen LogP contribution in [0.1, 0.15) is 11.5 Å². The van der Waals surface area contributed by atoms with Crippen LogP contribution in [0.2, 0.25) is 0 Å². The molecule has 0 fully saturated rings. The molecule has 1 aromatic carbocycles. The Morgan fingerprint density at radius 1 is 1.33 bits per heavy atom. The highest BCUT2D eigenvalue weighted by atomic mass is 32.2. The molecule has 1 amide bonds. The zero-order valence-electron chi connectivity index (χ0n) is 16.0. The van der Waals surface area contributed by atoms with Crippen molar-refractivity contribution in [1.29, 1.82) is 0 Å². The highest BCUT2D eigenvalue weighted by Gasteiger charge is 2.22. The maximum Gasteiger partial charge on any atom is 0.235 e. The summed E-state index contributed by atoms with van der Waals surface area (Å²) in [5.41, 5.74) is 0.983. The zero-order chi connectivity index (χ0) is 20.0. The minimum Gasteiger partial charge on any atom is -0.497 e. The number of carbonyl (C=O) groups is 1. The number of aromatic nitrogens is 1. The highest BCUT2D eigenvalue weighted by Crippen LogP contribution is 2.26. The van der Waals surface area contributed by atoms with Crippen molar-refractivity contribution in [3.05, 3.63) is 35.7 Å². The second kappa shape index (κ2) is 9.01. The van der Waals surface area contributed by atoms with Crippen LogP contribution in [0.4, 0.5) is 0 Å². The van der Waals surface area contributed by atoms with Crippen LogP contribution in [0, 0.1) is 6.92 Å². The van der Waals surface area contributed by atoms with Crippen LogP contribution in [0.5, 0.6) is 5.75 Å². The van der Waals surface area contributed by atoms with Crippen molar-refractivity contribution in [2.75, 3.05) is 40.0 Å². The normalized spacial score (nSPS) is 11.6. The van der Waals surface area contributed by atoms with E-state index in [1.54, 1.807) is 38.3 Å². The first-order chi connectivity index (χ1) is 12.7. The van der Waals surface area contributed by atoms with E-state index in [9.17, 15) is 13.2 Å². The Kier molecular flexibility index (Phi) is 6.98. The number of sulfone groups is 1. The number of carbonyl (C=O) groups excluding carboxylic acids is 1. The zero-order valence-corrected chi connectivity index (χ0v) is 16.8. The van der Waals surface area contributed by atoms with Gasteiger partial charge in [-0.15, -0.1) is 0 Å². The Labute approximate surface area is 159 Å². The number of hydrogen-bond acceptors (Lipinski definition) is 7. The van der Waals surface area contributed by atoms with E-state index in [2.05, 4.69) is 10.3 Å². The Balaban J connectivity index is 2.06. The molecule has 0 saturated heterocycles. The first-order valence-electron chi connectivity index (χ1n) is 8.43. The van der Waals surface area contributed by atoms with Gasteiger partial charge in [-0.2, -0.15) is 0 Å². The van der Waals surface area contributed by atoms with Gasteiger partial charge < -0.3 is 19.4 Å². The third-order valence-corrected chi connectivity index (χ3v) is 5.21. The fourth-order valence-corrected chi connectivity index (χ4v) is 3.66. The van der Waals surface area contributed by atoms with Crippen LogP contribution in [-0.2, 0) is 20.4 Å². The molecule has 27 heavy (non-hydrogen) atoms. The number of likely N-dealkylation sites (N-methyl/N-ethyl adjacent to an activating group) is 1. The van der Waals surface area contributed by atoms with Crippen LogP contribution >= 0.6 is 0 Å². The van der Waals surface area contributed by atoms with E-state index in [1.807, 2.05) is 19.0 Å². The molecule has 2 aromatic rings. The Morgan fingerprint density at radius 2 is 2.07 bits per heavy atom. The molecule has 0 unspecified atom stereocenters. The molecule has 9 heteroatoms. The standard InChI is InChI=1S/C18H25N3O5S/c1-13-16(11-27(23,24)12-17(22)19-8-9-21(2)3)20-18(26-13)14-6-5-7-15(10-14)25-4/h5-7,10H,8-9,11-12H2,1-4H3,(H,19,22). The van der Waals surface area contributed by atoms with Gasteiger partial charge in [0.05, 0.1) is 18.6 Å². The van der Waals surface area contributed by atoms with Gasteiger partial charge in [-0.05, 0) is 39.2 Å². The molecule has 148 valence electrons. The summed E-state index contributed by atoms with van der Waals surface area (Å²) in [4.78, 5) is 18.0. The number of oxazole rings is 1. The fourth-order valence-electron chi connectivity index (χ4n) is 2.37. The Hall–Kier alpha value is -2.39. The molecule has 2 rings (SSSR count). The van der Waals surface area contributed by atoms with Gasteiger partial charge >= 0.3 is 0 Å². The van der Waals surface area contributed by atoms with Crippen molar-refractivity contribution in [3.8, 4) is 17.2 Å². The summed E-state index contributed by atoms with van der Waals surface area (Å²) in [6, 6.07) is 7.13. The molecule has 0 saturated carbocycles. The van der Waals surface area contributed by atoms with Gasteiger partial charge in [0.2, 0.25) is 11.8 Å². The van der Waals surface area contributed by atoms with Crippen LogP contribution in [-0.4, -0.2) is 64.3 Å². The van der Waals surface area contributed by atoms with Crippen molar-refractivity contribution in [2.45, 2.75) is 12.7 Å². The quantitative estimate of drug-likeness (QED) is 0.682. The maximum atomic E-state index is 12.3. The lowest BCUT2D eigenvalue weighted by Gasteiger charge is -2.10. The summed E-state index contributed by atoms with van der Waals surface area (Å²) in [5, 5.41) is 2.60. The topological polar surface area (TPSA) is 102 Å². The molecule has 0 atom stereocenters. The lowest BCUT2D eigenvalue weighted by atomic mass is 10.2. The molecule has 0 bridgehead atoms. The Bertz CT molecular complexity index is 890. The third kappa shape index (κ3) is 6.37. The van der Waals surface area contributed by atoms with Crippen LogP contribution in [0.3, 0.4) is 0 Å². The van der Waals surface area contributed by atoms with Gasteiger partial charge in [0.25, 0.3) is 0 Å². The predicted octanol–water partition coefficient (Wildman–Crippen LogP) is 1.25. The van der Waals surface area contributed by atoms with Crippen molar-refractivity contribution in [3.63, 3.8) is 0 Å². The average Bonchev–Trinajstić information content (AvgIpc) is 2.94. The van der Waals surface area contributed by atoms with Gasteiger partial charge in [0, 0.05) is 18.7 Å². The lowest BCUT2D eigenvalue weighted by molar-refractivity contribution is -0.118. The molecule has 8 nitrogen and oxygen atoms in total. The molecular formula is C18H25N3O5S. The van der Waals surface area contributed by atoms with Crippen LogP contribution < -0.4 is 10.1 Å². The third-order valence-electron chi connectivity index (χ3n) is 3.80. The van der Waals surface area contributed by atoms with E-state index in [1.165, 1.54) is 0 Å². The summed E-state index contributed by atoms with van der Waals surface area (Å²) < 4.78 is 35.4. The number of ether oxygens (including phenoxy) is 1. The van der Waals surface area contributed by atoms with Gasteiger partial charge in [-0.3, -0.25) is 4.79 Å². The van der Waals surface area contributed by atoms with Gasteiger partial charge in [0.15, 0.2) is 9.84 Å². The number of nitrogens with one attached hydrogen (secondary N) is 1. The predicted molar refractivity (Wildman–Crippen MR) is 102 cm³/mol. The number of hydrogen-bond donors (Lipinski definition) is 1. The number of rotatable bonds is 9. The minimum atomic E-state index is -3.66. The van der Waals surface area contributed by atoms with E-state index in [0.717, 1.165) is 0 Å². The molecule has 0 spiro atoms. The molecule has 0 aliphatic rings. The molecule has 0 aliphatic heterocycles. The summed E-state index contributed by atoms with van der Waals surface area (Å²) in [7, 11) is 1.64. The first-order valence-corrected chi connectivity index (χ1v) is 10.2. The number of aryl methyl sites for hydroxylation is 1. The number of benzene rings is 1. The smallest absolute Gasteiger partial charge is 0.235 e. The highest BCUT2D eigenvalue weighted by molar-refractivity contribution is 7.91. The Morgan fingerprint density at radius 3 is 2.74 bits per heavy atom. The van der Waals surface area contributed by atoms with Gasteiger partial charge in [-0.25, -0.2) is 13.4 Å². The average molecular weight is 395 g/mol. The van der Waals surface area contributed by atoms with E-state index in [-0.39, 0.29) is 5.75 Å². The van der Waals surface area contributed by atoms with Crippen molar-refractivity contribution < 1.29 is 22.4 Å². The summed E-state index contributed by atoms with van der Waals surface area (Å²) >= 11 is 0. The molecule has 1 N–H and O–H groups in total. The fraction of sp³-hybridized carbons (Fsp3) is 0.444. The summed E-state index contributed by atoms with van der Waals surface area (Å²) in [5.74, 6) is -0.0939. The van der Waals surface area contributed by atoms with E-state index >= 15 is 0 Å². The SMILES string of the molecule is COc1cccc(-c2nc(CS(=O)(=O)CC(=O)NCCN(C)C)c(C)o2)c1. The minimum absolute atomic E-state index is 0.300. The number of nitrogens with zero attached hydrogens (tertiary/aromatic N) is 2. The van der Waals surface area contributed by atoms with Crippen molar-refractivity contribution in [1.82, 2.24) is 15.2 Å². The van der Waals surface area contributed by atoms with Gasteiger partial charge in [-0.1, -0.05) is 6.07 Å². The van der Waals surface area contributed by atoms with Crippen LogP contribution in [0.15, 0.2) is 28.7 Å². The monoisotopic (exact) mass is 395 g/mol. The van der Waals surface area contributed by atoms with E-state index < -0.39 is 21.5 Å². The van der Waals surface area contributed by atoms with E-state index in [4.69, 9.17) is 9.15 Å². The summed E-state index contributed by atoms with van der Waals surface area (Å²) in [6.07, 6.45) is 0. The number of amides is 1. The number of methoxy groups -OCH3 is 1. The molecular weight excluding hydrogens is 370 g/mol. The van der Waals surface area contributed by atoms with E-state index in [0.29, 0.717) is 41.7 Å². The molecule has 1 aromatic heterocycles. The lowest BCUT2D eigenvalue weighted by Crippen LogP contribution is -2.35. The molecule has 0 aliphatic carbocycles. The second-order valence-corrected chi connectivity index (χ2v) is 8.50. The summed E-state index contributed by atoms with van der Waals surface area (Å²) in [6.45, 7) is 2.68. The second-order valence-electron chi connectivity index (χ2n) is 6.44.